The number of fused-ring (bicyclic) bond motifs is 1. The first kappa shape index (κ1) is 32.2. The number of hydrogen-bond acceptors (Lipinski definition) is 8. The van der Waals surface area contributed by atoms with E-state index >= 15 is 0 Å². The van der Waals surface area contributed by atoms with Crippen LogP contribution in [0.25, 0.3) is 6.08 Å². The van der Waals surface area contributed by atoms with Gasteiger partial charge in [-0.2, -0.15) is 0 Å². The number of anilines is 1. The van der Waals surface area contributed by atoms with Crippen molar-refractivity contribution in [1.29, 1.82) is 0 Å². The maximum atomic E-state index is 13.9. The number of carbonyl (C=O) groups excluding carboxylic acids is 2. The van der Waals surface area contributed by atoms with E-state index in [9.17, 15) is 35.0 Å². The minimum Gasteiger partial charge on any atom is -0.508 e. The number of aromatic hydroxyl groups is 1. The molecule has 4 atom stereocenters. The number of hydrogen-bond donors (Lipinski definition) is 5. The van der Waals surface area contributed by atoms with Gasteiger partial charge in [-0.15, -0.1) is 0 Å². The van der Waals surface area contributed by atoms with E-state index in [0.717, 1.165) is 22.5 Å². The molecular formula is C35H38BNO8. The third kappa shape index (κ3) is 7.05. The van der Waals surface area contributed by atoms with Crippen LogP contribution in [0.5, 0.6) is 11.5 Å². The van der Waals surface area contributed by atoms with Crippen molar-refractivity contribution in [2.24, 2.45) is 17.8 Å². The molecule has 0 spiro atoms. The summed E-state index contributed by atoms with van der Waals surface area (Å²) in [4.78, 5) is 28.7. The average Bonchev–Trinajstić information content (AvgIpc) is 3.30. The number of imide groups is 1. The van der Waals surface area contributed by atoms with E-state index < -0.39 is 49.4 Å². The third-order valence-corrected chi connectivity index (χ3v) is 8.76. The molecule has 0 aromatic heterocycles. The quantitative estimate of drug-likeness (QED) is 0.119. The highest BCUT2D eigenvalue weighted by atomic mass is 16.5. The Labute approximate surface area is 262 Å². The first-order chi connectivity index (χ1) is 21.7. The number of rotatable bonds is 12. The molecule has 0 unspecified atom stereocenters. The summed E-state index contributed by atoms with van der Waals surface area (Å²) in [6.07, 6.45) is 2.72. The summed E-state index contributed by atoms with van der Waals surface area (Å²) in [5.74, 6) is -2.66. The molecule has 1 fully saturated rings. The number of benzene rings is 3. The highest BCUT2D eigenvalue weighted by Gasteiger charge is 2.55. The van der Waals surface area contributed by atoms with E-state index in [-0.39, 0.29) is 29.9 Å². The van der Waals surface area contributed by atoms with Crippen LogP contribution in [0.4, 0.5) is 5.69 Å². The maximum Gasteiger partial charge on any atom is 0.488 e. The number of allylic oxidation sites excluding steroid dienone is 1. The lowest BCUT2D eigenvalue weighted by Crippen LogP contribution is -2.40. The number of nitrogens with zero attached hydrogens (tertiary/aromatic N) is 1. The largest absolute Gasteiger partial charge is 0.508 e. The lowest BCUT2D eigenvalue weighted by molar-refractivity contribution is -0.123. The van der Waals surface area contributed by atoms with Gasteiger partial charge in [0, 0.05) is 5.92 Å². The van der Waals surface area contributed by atoms with Crippen molar-refractivity contribution in [2.45, 2.75) is 38.7 Å². The smallest absolute Gasteiger partial charge is 0.488 e. The van der Waals surface area contributed by atoms with Crippen LogP contribution in [0.15, 0.2) is 95.6 Å². The Hall–Kier alpha value is -4.22. The van der Waals surface area contributed by atoms with Crippen molar-refractivity contribution >= 4 is 36.2 Å². The molecule has 3 aromatic carbocycles. The zero-order valence-corrected chi connectivity index (χ0v) is 25.1. The normalized spacial score (nSPS) is 20.8. The van der Waals surface area contributed by atoms with Gasteiger partial charge in [0.2, 0.25) is 11.8 Å². The number of phenolic OH excluding ortho intramolecular Hbond substituents is 1. The topological polar surface area (TPSA) is 148 Å². The summed E-state index contributed by atoms with van der Waals surface area (Å²) in [5, 5.41) is 51.6. The third-order valence-electron chi connectivity index (χ3n) is 8.76. The molecule has 10 heteroatoms. The molecule has 9 nitrogen and oxygen atoms in total. The fourth-order valence-electron chi connectivity index (χ4n) is 6.54. The Morgan fingerprint density at radius 1 is 1.02 bits per heavy atom. The van der Waals surface area contributed by atoms with E-state index in [0.29, 0.717) is 29.7 Å². The SMILES string of the molecule is CC/C(=C\c1cccc(O)c1)CC[C@@H](O)C1=C(COc2ccccc2)C[C@H]2C(=O)N(c3cccc(B(O)O)c3)C(=O)[C@H]2[C@H]1CO. The van der Waals surface area contributed by atoms with Crippen molar-refractivity contribution in [3.63, 3.8) is 0 Å². The van der Waals surface area contributed by atoms with Gasteiger partial charge in [0.25, 0.3) is 0 Å². The summed E-state index contributed by atoms with van der Waals surface area (Å²) in [6, 6.07) is 22.1. The molecule has 234 valence electrons. The molecule has 1 saturated heterocycles. The van der Waals surface area contributed by atoms with Crippen molar-refractivity contribution in [3.05, 3.63) is 101 Å². The highest BCUT2D eigenvalue weighted by molar-refractivity contribution is 6.58. The molecule has 1 heterocycles. The second kappa shape index (κ2) is 14.3. The van der Waals surface area contributed by atoms with Crippen molar-refractivity contribution in [2.75, 3.05) is 18.1 Å². The molecule has 1 aliphatic carbocycles. The summed E-state index contributed by atoms with van der Waals surface area (Å²) >= 11 is 0. The summed E-state index contributed by atoms with van der Waals surface area (Å²) in [7, 11) is -1.77. The van der Waals surface area contributed by atoms with Gasteiger partial charge in [-0.1, -0.05) is 61.0 Å². The average molecular weight is 612 g/mol. The van der Waals surface area contributed by atoms with Crippen molar-refractivity contribution in [1.82, 2.24) is 0 Å². The Kier molecular flexibility index (Phi) is 10.2. The Bertz CT molecular complexity index is 1590. The standard InChI is InChI=1S/C35H38BNO8/c1-2-22(16-23-8-6-11-27(39)17-23)14-15-31(40)32-24(21-45-28-12-4-3-5-13-28)18-29-33(30(32)20-38)35(42)37(34(29)41)26-10-7-9-25(19-26)36(43)44/h3-13,16-17,19,29-31,33,38-40,43-44H,2,14-15,18,20-21H2,1H3/b22-16+/t29-,30+,31-,33-/m1/s1. The van der Waals surface area contributed by atoms with Crippen molar-refractivity contribution in [3.8, 4) is 11.5 Å². The van der Waals surface area contributed by atoms with Crippen LogP contribution in [0, 0.1) is 17.8 Å². The van der Waals surface area contributed by atoms with Crippen molar-refractivity contribution < 1.29 is 39.7 Å². The minimum absolute atomic E-state index is 0.0730. The molecular weight excluding hydrogens is 573 g/mol. The van der Waals surface area contributed by atoms with E-state index in [4.69, 9.17) is 4.74 Å². The Balaban J connectivity index is 1.46. The lowest BCUT2D eigenvalue weighted by atomic mass is 9.68. The van der Waals surface area contributed by atoms with Gasteiger partial charge >= 0.3 is 7.12 Å². The van der Waals surface area contributed by atoms with E-state index in [2.05, 4.69) is 0 Å². The number of ether oxygens (including phenoxy) is 1. The molecule has 5 rings (SSSR count). The van der Waals surface area contributed by atoms with E-state index in [1.165, 1.54) is 12.1 Å². The highest BCUT2D eigenvalue weighted by Crippen LogP contribution is 2.47. The zero-order chi connectivity index (χ0) is 32.1. The number of amides is 2. The predicted octanol–water partition coefficient (Wildman–Crippen LogP) is 3.20. The molecule has 45 heavy (non-hydrogen) atoms. The first-order valence-corrected chi connectivity index (χ1v) is 15.2. The number of aliphatic hydroxyl groups is 2. The van der Waals surface area contributed by atoms with Crippen LogP contribution in [0.3, 0.4) is 0 Å². The molecule has 2 amide bonds. The van der Waals surface area contributed by atoms with Crippen LogP contribution in [-0.4, -0.2) is 63.6 Å². The number of carbonyl (C=O) groups is 2. The van der Waals surface area contributed by atoms with Gasteiger partial charge in [-0.3, -0.25) is 14.5 Å². The summed E-state index contributed by atoms with van der Waals surface area (Å²) < 4.78 is 6.07. The zero-order valence-electron chi connectivity index (χ0n) is 25.1. The van der Waals surface area contributed by atoms with Crippen LogP contribution >= 0.6 is 0 Å². The van der Waals surface area contributed by atoms with Gasteiger partial charge in [-0.05, 0) is 84.3 Å². The van der Waals surface area contributed by atoms with Crippen LogP contribution < -0.4 is 15.1 Å². The number of phenols is 1. The minimum atomic E-state index is -1.77. The number of para-hydroxylation sites is 1. The summed E-state index contributed by atoms with van der Waals surface area (Å²) in [6.45, 7) is 1.64. The molecule has 5 N–H and O–H groups in total. The predicted molar refractivity (Wildman–Crippen MR) is 172 cm³/mol. The van der Waals surface area contributed by atoms with Gasteiger partial charge in [0.1, 0.15) is 18.1 Å². The molecule has 0 bridgehead atoms. The second-order valence-electron chi connectivity index (χ2n) is 11.6. The molecule has 0 radical (unpaired) electrons. The molecule has 3 aromatic rings. The summed E-state index contributed by atoms with van der Waals surface area (Å²) in [5.41, 5.74) is 3.45. The van der Waals surface area contributed by atoms with Gasteiger partial charge in [-0.25, -0.2) is 0 Å². The van der Waals surface area contributed by atoms with Gasteiger partial charge < -0.3 is 30.1 Å². The van der Waals surface area contributed by atoms with Crippen LogP contribution in [0.1, 0.15) is 38.2 Å². The number of aliphatic hydroxyl groups excluding tert-OH is 2. The fraction of sp³-hybridized carbons (Fsp3) is 0.314. The molecule has 1 aliphatic heterocycles. The lowest BCUT2D eigenvalue weighted by Gasteiger charge is -2.36. The maximum absolute atomic E-state index is 13.9. The molecule has 2 aliphatic rings. The monoisotopic (exact) mass is 611 g/mol. The van der Waals surface area contributed by atoms with Crippen LogP contribution in [0.2, 0.25) is 0 Å². The molecule has 0 saturated carbocycles. The van der Waals surface area contributed by atoms with Gasteiger partial charge in [0.15, 0.2) is 0 Å². The van der Waals surface area contributed by atoms with Gasteiger partial charge in [0.05, 0.1) is 30.2 Å². The fourth-order valence-corrected chi connectivity index (χ4v) is 6.54. The van der Waals surface area contributed by atoms with Crippen LogP contribution in [-0.2, 0) is 9.59 Å². The Morgan fingerprint density at radius 2 is 1.78 bits per heavy atom. The van der Waals surface area contributed by atoms with E-state index in [1.54, 1.807) is 42.5 Å². The second-order valence-corrected chi connectivity index (χ2v) is 11.6. The van der Waals surface area contributed by atoms with E-state index in [1.807, 2.05) is 37.3 Å². The first-order valence-electron chi connectivity index (χ1n) is 15.2. The Morgan fingerprint density at radius 3 is 2.47 bits per heavy atom.